The topological polar surface area (TPSA) is 73.9 Å². The van der Waals surface area contributed by atoms with E-state index in [1.807, 2.05) is 60.2 Å². The third-order valence-electron chi connectivity index (χ3n) is 4.21. The zero-order valence-corrected chi connectivity index (χ0v) is 15.1. The lowest BCUT2D eigenvalue weighted by molar-refractivity contribution is 0.418. The maximum Gasteiger partial charge on any atom is 0.0991 e. The lowest BCUT2D eigenvalue weighted by Crippen LogP contribution is -2.01. The van der Waals surface area contributed by atoms with Crippen molar-refractivity contribution < 1.29 is 5.11 Å². The standard InChI is InChI=1S/C21H22N4O/c1-14-4-5-17(21(15(2)22)16(3)26)12-20(14)24-18-6-8-19(9-7-18)25-11-10-23-13-25/h4-13,22,24,26H,1-3H3/b21-16+,22-15?. The Balaban J connectivity index is 1.89. The molecule has 132 valence electrons. The van der Waals surface area contributed by atoms with Crippen molar-refractivity contribution in [2.45, 2.75) is 20.8 Å². The van der Waals surface area contributed by atoms with Crippen molar-refractivity contribution >= 4 is 22.7 Å². The minimum absolute atomic E-state index is 0.150. The quantitative estimate of drug-likeness (QED) is 0.436. The molecule has 0 fully saturated rings. The monoisotopic (exact) mass is 346 g/mol. The lowest BCUT2D eigenvalue weighted by Gasteiger charge is -2.14. The summed E-state index contributed by atoms with van der Waals surface area (Å²) in [6.45, 7) is 5.31. The molecule has 0 aliphatic heterocycles. The highest BCUT2D eigenvalue weighted by Crippen LogP contribution is 2.27. The third kappa shape index (κ3) is 3.67. The van der Waals surface area contributed by atoms with E-state index in [1.54, 1.807) is 26.4 Å². The molecule has 2 aromatic carbocycles. The van der Waals surface area contributed by atoms with E-state index >= 15 is 0 Å². The Morgan fingerprint density at radius 3 is 2.42 bits per heavy atom. The molecule has 0 radical (unpaired) electrons. The summed E-state index contributed by atoms with van der Waals surface area (Å²) in [5, 5.41) is 21.2. The van der Waals surface area contributed by atoms with Crippen molar-refractivity contribution in [3.8, 4) is 5.69 Å². The zero-order chi connectivity index (χ0) is 18.7. The smallest absolute Gasteiger partial charge is 0.0991 e. The Morgan fingerprint density at radius 2 is 1.85 bits per heavy atom. The molecule has 1 aromatic heterocycles. The summed E-state index contributed by atoms with van der Waals surface area (Å²) in [6, 6.07) is 13.9. The molecule has 0 aliphatic carbocycles. The van der Waals surface area contributed by atoms with Crippen LogP contribution in [0.1, 0.15) is 25.0 Å². The minimum atomic E-state index is 0.150. The number of aryl methyl sites for hydroxylation is 1. The number of nitrogens with zero attached hydrogens (tertiary/aromatic N) is 2. The Hall–Kier alpha value is -3.34. The molecule has 3 N–H and O–H groups in total. The van der Waals surface area contributed by atoms with E-state index in [1.165, 1.54) is 0 Å². The fraction of sp³-hybridized carbons (Fsp3) is 0.143. The molecule has 0 saturated heterocycles. The highest BCUT2D eigenvalue weighted by Gasteiger charge is 2.10. The molecule has 0 spiro atoms. The summed E-state index contributed by atoms with van der Waals surface area (Å²) < 4.78 is 1.95. The Bertz CT molecular complexity index is 950. The van der Waals surface area contributed by atoms with E-state index < -0.39 is 0 Å². The van der Waals surface area contributed by atoms with Crippen molar-refractivity contribution in [3.05, 3.63) is 78.1 Å². The van der Waals surface area contributed by atoms with Gasteiger partial charge in [-0.1, -0.05) is 12.1 Å². The normalized spacial score (nSPS) is 11.8. The van der Waals surface area contributed by atoms with Gasteiger partial charge in [0.15, 0.2) is 0 Å². The Labute approximate surface area is 153 Å². The summed E-state index contributed by atoms with van der Waals surface area (Å²) >= 11 is 0. The van der Waals surface area contributed by atoms with Gasteiger partial charge in [0.2, 0.25) is 0 Å². The number of aromatic nitrogens is 2. The van der Waals surface area contributed by atoms with Gasteiger partial charge in [0.25, 0.3) is 0 Å². The first-order chi connectivity index (χ1) is 12.5. The van der Waals surface area contributed by atoms with E-state index in [9.17, 15) is 5.11 Å². The van der Waals surface area contributed by atoms with Crippen LogP contribution in [0, 0.1) is 12.3 Å². The van der Waals surface area contributed by atoms with Crippen molar-refractivity contribution in [3.63, 3.8) is 0 Å². The van der Waals surface area contributed by atoms with E-state index in [2.05, 4.69) is 10.3 Å². The largest absolute Gasteiger partial charge is 0.512 e. The van der Waals surface area contributed by atoms with E-state index in [4.69, 9.17) is 5.41 Å². The first-order valence-corrected chi connectivity index (χ1v) is 8.37. The number of rotatable bonds is 5. The molecular formula is C21H22N4O. The predicted octanol–water partition coefficient (Wildman–Crippen LogP) is 5.25. The second kappa shape index (κ2) is 7.27. The van der Waals surface area contributed by atoms with Crippen LogP contribution < -0.4 is 5.32 Å². The average molecular weight is 346 g/mol. The molecule has 5 heteroatoms. The van der Waals surface area contributed by atoms with Crippen molar-refractivity contribution in [1.29, 1.82) is 5.41 Å². The summed E-state index contributed by atoms with van der Waals surface area (Å²) in [6.07, 6.45) is 5.42. The number of aliphatic hydroxyl groups excluding tert-OH is 1. The van der Waals surface area contributed by atoms with Crippen LogP contribution in [0.3, 0.4) is 0 Å². The Morgan fingerprint density at radius 1 is 1.12 bits per heavy atom. The number of allylic oxidation sites excluding steroid dienone is 2. The van der Waals surface area contributed by atoms with E-state index in [0.29, 0.717) is 11.3 Å². The van der Waals surface area contributed by atoms with Crippen molar-refractivity contribution in [2.75, 3.05) is 5.32 Å². The molecule has 3 aromatic rings. The Kier molecular flexibility index (Phi) is 4.89. The van der Waals surface area contributed by atoms with Gasteiger partial charge in [-0.15, -0.1) is 0 Å². The maximum atomic E-state index is 9.92. The summed E-state index contributed by atoms with van der Waals surface area (Å²) in [7, 11) is 0. The van der Waals surface area contributed by atoms with Gasteiger partial charge in [0.05, 0.1) is 12.1 Å². The summed E-state index contributed by atoms with van der Waals surface area (Å²) in [5.74, 6) is 0.150. The molecule has 1 heterocycles. The number of hydrogen-bond acceptors (Lipinski definition) is 4. The van der Waals surface area contributed by atoms with Crippen LogP contribution in [0.2, 0.25) is 0 Å². The van der Waals surface area contributed by atoms with Crippen LogP contribution in [0.15, 0.2) is 66.9 Å². The zero-order valence-electron chi connectivity index (χ0n) is 15.1. The van der Waals surface area contributed by atoms with Crippen LogP contribution in [-0.2, 0) is 0 Å². The minimum Gasteiger partial charge on any atom is -0.512 e. The number of aliphatic hydroxyl groups is 1. The highest BCUT2D eigenvalue weighted by atomic mass is 16.3. The van der Waals surface area contributed by atoms with Gasteiger partial charge in [-0.05, 0) is 62.2 Å². The van der Waals surface area contributed by atoms with E-state index in [0.717, 1.165) is 28.2 Å². The van der Waals surface area contributed by atoms with Crippen molar-refractivity contribution in [2.24, 2.45) is 0 Å². The summed E-state index contributed by atoms with van der Waals surface area (Å²) in [5.41, 5.74) is 5.75. The number of benzene rings is 2. The maximum absolute atomic E-state index is 9.92. The van der Waals surface area contributed by atoms with Gasteiger partial charge in [-0.25, -0.2) is 4.98 Å². The third-order valence-corrected chi connectivity index (χ3v) is 4.21. The summed E-state index contributed by atoms with van der Waals surface area (Å²) in [4.78, 5) is 4.06. The fourth-order valence-electron chi connectivity index (χ4n) is 2.89. The number of anilines is 2. The lowest BCUT2D eigenvalue weighted by atomic mass is 9.98. The van der Waals surface area contributed by atoms with Gasteiger partial charge >= 0.3 is 0 Å². The molecular weight excluding hydrogens is 324 g/mol. The van der Waals surface area contributed by atoms with Gasteiger partial charge in [0, 0.05) is 40.7 Å². The highest BCUT2D eigenvalue weighted by molar-refractivity contribution is 6.21. The molecule has 0 atom stereocenters. The van der Waals surface area contributed by atoms with Gasteiger partial charge in [-0.3, -0.25) is 0 Å². The first kappa shape index (κ1) is 17.5. The fourth-order valence-corrected chi connectivity index (χ4v) is 2.89. The molecule has 0 amide bonds. The van der Waals surface area contributed by atoms with Crippen LogP contribution in [-0.4, -0.2) is 20.4 Å². The van der Waals surface area contributed by atoms with Crippen molar-refractivity contribution in [1.82, 2.24) is 9.55 Å². The first-order valence-electron chi connectivity index (χ1n) is 8.37. The second-order valence-corrected chi connectivity index (χ2v) is 6.26. The number of nitrogens with one attached hydrogen (secondary N) is 2. The molecule has 26 heavy (non-hydrogen) atoms. The van der Waals surface area contributed by atoms with Gasteiger partial charge in [-0.2, -0.15) is 0 Å². The van der Waals surface area contributed by atoms with Crippen LogP contribution in [0.5, 0.6) is 0 Å². The molecule has 3 rings (SSSR count). The average Bonchev–Trinajstić information content (AvgIpc) is 3.12. The SMILES string of the molecule is CC(=N)/C(=C(/C)O)c1ccc(C)c(Nc2ccc(-n3ccnc3)cc2)c1. The van der Waals surface area contributed by atoms with E-state index in [-0.39, 0.29) is 5.76 Å². The number of hydrogen-bond donors (Lipinski definition) is 3. The molecule has 0 unspecified atom stereocenters. The van der Waals surface area contributed by atoms with Crippen LogP contribution in [0.25, 0.3) is 11.3 Å². The predicted molar refractivity (Wildman–Crippen MR) is 107 cm³/mol. The molecule has 0 bridgehead atoms. The van der Waals surface area contributed by atoms with Gasteiger partial charge in [0.1, 0.15) is 0 Å². The molecule has 0 saturated carbocycles. The molecule has 0 aliphatic rings. The van der Waals surface area contributed by atoms with Crippen LogP contribution in [0.4, 0.5) is 11.4 Å². The second-order valence-electron chi connectivity index (χ2n) is 6.26. The number of imidazole rings is 1. The molecule has 5 nitrogen and oxygen atoms in total. The van der Waals surface area contributed by atoms with Crippen LogP contribution >= 0.6 is 0 Å². The van der Waals surface area contributed by atoms with Gasteiger partial charge < -0.3 is 20.4 Å².